The highest BCUT2D eigenvalue weighted by Gasteiger charge is 2.27. The van der Waals surface area contributed by atoms with Crippen LogP contribution >= 0.6 is 12.2 Å². The lowest BCUT2D eigenvalue weighted by Gasteiger charge is -2.30. The molecule has 4 rings (SSSR count). The van der Waals surface area contributed by atoms with E-state index in [0.29, 0.717) is 60.4 Å². The number of nitrogens with two attached hydrogens (primary N) is 1. The van der Waals surface area contributed by atoms with Gasteiger partial charge in [0.15, 0.2) is 0 Å². The Hall–Kier alpha value is -3.06. The maximum atomic E-state index is 12.3. The van der Waals surface area contributed by atoms with Crippen molar-refractivity contribution in [3.63, 3.8) is 0 Å². The number of carbonyl (C=O) groups is 1. The van der Waals surface area contributed by atoms with Crippen molar-refractivity contribution in [1.29, 1.82) is 5.26 Å². The van der Waals surface area contributed by atoms with Gasteiger partial charge in [-0.15, -0.1) is 0 Å². The molecule has 2 aliphatic heterocycles. The number of amides is 1. The summed E-state index contributed by atoms with van der Waals surface area (Å²) in [6.07, 6.45) is 4.05. The summed E-state index contributed by atoms with van der Waals surface area (Å²) in [6.45, 7) is 6.55. The van der Waals surface area contributed by atoms with Crippen LogP contribution in [0.5, 0.6) is 11.6 Å². The van der Waals surface area contributed by atoms with E-state index in [9.17, 15) is 9.90 Å². The fourth-order valence-corrected chi connectivity index (χ4v) is 5.17. The van der Waals surface area contributed by atoms with Gasteiger partial charge in [0.05, 0.1) is 35.5 Å². The van der Waals surface area contributed by atoms with Gasteiger partial charge < -0.3 is 25.6 Å². The van der Waals surface area contributed by atoms with E-state index in [1.807, 2.05) is 24.2 Å². The minimum atomic E-state index is -1.09. The van der Waals surface area contributed by atoms with Gasteiger partial charge in [0, 0.05) is 30.1 Å². The largest absolute Gasteiger partial charge is 0.490 e. The first-order chi connectivity index (χ1) is 18.3. The summed E-state index contributed by atoms with van der Waals surface area (Å²) >= 11 is 1.17. The zero-order chi connectivity index (χ0) is 27.1. The maximum Gasteiger partial charge on any atom is 0.252 e. The van der Waals surface area contributed by atoms with Crippen molar-refractivity contribution in [2.75, 3.05) is 32.8 Å². The number of pyridine rings is 1. The fourth-order valence-electron chi connectivity index (χ4n) is 4.48. The molecule has 2 aromatic rings. The molecular weight excluding hydrogens is 506 g/mol. The van der Waals surface area contributed by atoms with Gasteiger partial charge in [0.1, 0.15) is 24.1 Å². The number of benzene rings is 1. The molecule has 0 saturated carbocycles. The number of nitrogens with zero attached hydrogens (tertiary/aromatic N) is 3. The van der Waals surface area contributed by atoms with Crippen molar-refractivity contribution in [3.05, 3.63) is 29.5 Å². The topological polar surface area (TPSA) is 143 Å². The van der Waals surface area contributed by atoms with E-state index in [0.717, 1.165) is 19.4 Å². The van der Waals surface area contributed by atoms with E-state index in [1.54, 1.807) is 18.3 Å². The Morgan fingerprint density at radius 3 is 2.87 bits per heavy atom. The van der Waals surface area contributed by atoms with Gasteiger partial charge in [-0.1, -0.05) is 11.8 Å². The molecule has 10 nitrogen and oxygen atoms in total. The Morgan fingerprint density at radius 2 is 2.16 bits per heavy atom. The number of nitriles is 1. The number of aromatic nitrogens is 1. The molecule has 0 bridgehead atoms. The number of rotatable bonds is 8. The Balaban J connectivity index is 1.71. The molecule has 3 heterocycles. The first-order valence-electron chi connectivity index (χ1n) is 12.8. The molecule has 11 heteroatoms. The highest BCUT2D eigenvalue weighted by atomic mass is 32.2. The van der Waals surface area contributed by atoms with Crippen LogP contribution in [0, 0.1) is 23.2 Å². The second kappa shape index (κ2) is 12.7. The lowest BCUT2D eigenvalue weighted by Crippen LogP contribution is -2.40. The quantitative estimate of drug-likeness (QED) is 0.198. The van der Waals surface area contributed by atoms with E-state index in [1.165, 1.54) is 12.2 Å². The first-order valence-corrected chi connectivity index (χ1v) is 13.5. The van der Waals surface area contributed by atoms with Crippen molar-refractivity contribution in [1.82, 2.24) is 14.6 Å². The predicted molar refractivity (Wildman–Crippen MR) is 144 cm³/mol. The van der Waals surface area contributed by atoms with E-state index in [-0.39, 0.29) is 24.4 Å². The summed E-state index contributed by atoms with van der Waals surface area (Å²) in [4.78, 5) is 16.9. The summed E-state index contributed by atoms with van der Waals surface area (Å²) in [5.74, 6) is 6.25. The minimum absolute atomic E-state index is 0.00778. The van der Waals surface area contributed by atoms with Gasteiger partial charge in [-0.25, -0.2) is 9.29 Å². The summed E-state index contributed by atoms with van der Waals surface area (Å²) in [5, 5.41) is 24.1. The fraction of sp³-hybridized carbons (Fsp3) is 0.519. The third-order valence-electron chi connectivity index (χ3n) is 6.34. The molecule has 0 aliphatic carbocycles. The Kier molecular flexibility index (Phi) is 9.31. The molecule has 1 aromatic heterocycles. The van der Waals surface area contributed by atoms with Gasteiger partial charge in [-0.05, 0) is 64.8 Å². The average molecular weight is 540 g/mol. The van der Waals surface area contributed by atoms with Gasteiger partial charge in [0.2, 0.25) is 5.88 Å². The van der Waals surface area contributed by atoms with Crippen LogP contribution in [-0.4, -0.2) is 70.9 Å². The van der Waals surface area contributed by atoms with Crippen LogP contribution in [0.25, 0.3) is 10.8 Å². The van der Waals surface area contributed by atoms with Gasteiger partial charge in [-0.3, -0.25) is 8.98 Å². The van der Waals surface area contributed by atoms with E-state index < -0.39 is 11.5 Å². The number of carbonyl (C=O) groups excluding carboxylic acids is 1. The molecule has 1 unspecified atom stereocenters. The third kappa shape index (κ3) is 7.07. The Bertz CT molecular complexity index is 1260. The molecule has 2 aliphatic rings. The van der Waals surface area contributed by atoms with Crippen molar-refractivity contribution in [3.8, 4) is 29.5 Å². The minimum Gasteiger partial charge on any atom is -0.490 e. The van der Waals surface area contributed by atoms with Crippen LogP contribution in [0.3, 0.4) is 0 Å². The SMILES string of the molecule is CC(C)Oc1cc2c(OC3CCCN(SOCC#N)C3)ncc(C#CC3(O)CCNCC3)c2cc1C(N)=O. The number of piperidine rings is 2. The number of hydrogen-bond acceptors (Lipinski definition) is 10. The number of aliphatic hydroxyl groups is 1. The number of nitrogens with one attached hydrogen (secondary N) is 1. The first kappa shape index (κ1) is 28.0. The molecule has 1 aromatic carbocycles. The summed E-state index contributed by atoms with van der Waals surface area (Å²) in [6, 6.07) is 5.36. The molecule has 4 N–H and O–H groups in total. The molecule has 1 amide bonds. The van der Waals surface area contributed by atoms with E-state index in [4.69, 9.17) is 24.7 Å². The van der Waals surface area contributed by atoms with Gasteiger partial charge >= 0.3 is 0 Å². The van der Waals surface area contributed by atoms with Gasteiger partial charge in [-0.2, -0.15) is 5.26 Å². The summed E-state index contributed by atoms with van der Waals surface area (Å²) < 4.78 is 19.6. The Morgan fingerprint density at radius 1 is 1.37 bits per heavy atom. The molecular formula is C27H33N5O5S. The van der Waals surface area contributed by atoms with Crippen LogP contribution in [0.4, 0.5) is 0 Å². The number of fused-ring (bicyclic) bond motifs is 1. The average Bonchev–Trinajstić information content (AvgIpc) is 2.88. The molecule has 0 spiro atoms. The van der Waals surface area contributed by atoms with E-state index >= 15 is 0 Å². The molecule has 38 heavy (non-hydrogen) atoms. The van der Waals surface area contributed by atoms with E-state index in [2.05, 4.69) is 22.1 Å². The lowest BCUT2D eigenvalue weighted by molar-refractivity contribution is 0.0679. The van der Waals surface area contributed by atoms with Crippen molar-refractivity contribution >= 4 is 28.9 Å². The highest BCUT2D eigenvalue weighted by Crippen LogP contribution is 2.35. The molecule has 2 fully saturated rings. The summed E-state index contributed by atoms with van der Waals surface area (Å²) in [5.41, 5.74) is 5.42. The molecule has 1 atom stereocenters. The molecule has 0 radical (unpaired) electrons. The van der Waals surface area contributed by atoms with Gasteiger partial charge in [0.25, 0.3) is 5.91 Å². The third-order valence-corrected chi connectivity index (χ3v) is 7.11. The van der Waals surface area contributed by atoms with Crippen LogP contribution in [0.2, 0.25) is 0 Å². The number of ether oxygens (including phenoxy) is 2. The number of hydrogen-bond donors (Lipinski definition) is 3. The van der Waals surface area contributed by atoms with Crippen molar-refractivity contribution < 1.29 is 23.6 Å². The van der Waals surface area contributed by atoms with Crippen LogP contribution in [0.1, 0.15) is 55.5 Å². The van der Waals surface area contributed by atoms with Crippen LogP contribution < -0.4 is 20.5 Å². The highest BCUT2D eigenvalue weighted by molar-refractivity contribution is 7.92. The molecule has 202 valence electrons. The predicted octanol–water partition coefficient (Wildman–Crippen LogP) is 2.53. The van der Waals surface area contributed by atoms with Crippen molar-refractivity contribution in [2.45, 2.75) is 57.3 Å². The van der Waals surface area contributed by atoms with Crippen molar-refractivity contribution in [2.24, 2.45) is 5.73 Å². The normalized spacial score (nSPS) is 19.4. The Labute approximate surface area is 227 Å². The summed E-state index contributed by atoms with van der Waals surface area (Å²) in [7, 11) is 0. The number of primary amides is 1. The van der Waals surface area contributed by atoms with Crippen LogP contribution in [-0.2, 0) is 4.18 Å². The monoisotopic (exact) mass is 539 g/mol. The zero-order valence-corrected chi connectivity index (χ0v) is 22.5. The zero-order valence-electron chi connectivity index (χ0n) is 21.7. The second-order valence-corrected chi connectivity index (χ2v) is 10.6. The maximum absolute atomic E-state index is 12.3. The lowest BCUT2D eigenvalue weighted by atomic mass is 9.92. The molecule has 2 saturated heterocycles. The second-order valence-electron chi connectivity index (χ2n) is 9.70. The standard InChI is InChI=1S/C27H33N5O5S/c1-18(2)36-24-15-22-21(14-23(24)25(29)33)19(5-6-27(34)7-10-30-11-8-27)16-31-26(22)37-20-4-3-12-32(17-20)38-35-13-9-28/h14-16,18,20,30,34H,3-4,7-8,10-13,17H2,1-2H3,(H2,29,33). The van der Waals surface area contributed by atoms with Crippen LogP contribution in [0.15, 0.2) is 18.3 Å². The smallest absolute Gasteiger partial charge is 0.252 e.